The second kappa shape index (κ2) is 5.32. The molecule has 1 aromatic heterocycles. The Morgan fingerprint density at radius 1 is 1.44 bits per heavy atom. The maximum Gasteiger partial charge on any atom is 0.433 e. The van der Waals surface area contributed by atoms with Crippen molar-refractivity contribution in [3.8, 4) is 0 Å². The van der Waals surface area contributed by atoms with Crippen molar-refractivity contribution in [2.75, 3.05) is 30.5 Å². The van der Waals surface area contributed by atoms with Gasteiger partial charge in [-0.05, 0) is 12.1 Å². The molecule has 0 bridgehead atoms. The predicted octanol–water partition coefficient (Wildman–Crippen LogP) is 2.54. The third kappa shape index (κ3) is 3.05. The summed E-state index contributed by atoms with van der Waals surface area (Å²) in [4.78, 5) is 5.39. The molecule has 0 amide bonds. The van der Waals surface area contributed by atoms with Gasteiger partial charge in [0, 0.05) is 13.1 Å². The topological polar surface area (TPSA) is 25.4 Å². The Morgan fingerprint density at radius 2 is 2.22 bits per heavy atom. The largest absolute Gasteiger partial charge is 0.433 e. The lowest BCUT2D eigenvalue weighted by Crippen LogP contribution is -2.43. The van der Waals surface area contributed by atoms with E-state index in [-0.39, 0.29) is 6.10 Å². The van der Waals surface area contributed by atoms with Gasteiger partial charge in [0.05, 0.1) is 18.6 Å². The van der Waals surface area contributed by atoms with Crippen molar-refractivity contribution in [2.24, 2.45) is 0 Å². The smallest absolute Gasteiger partial charge is 0.373 e. The van der Waals surface area contributed by atoms with Crippen LogP contribution in [-0.2, 0) is 10.9 Å². The van der Waals surface area contributed by atoms with E-state index >= 15 is 0 Å². The maximum atomic E-state index is 12.6. The van der Waals surface area contributed by atoms with E-state index in [0.717, 1.165) is 6.07 Å². The van der Waals surface area contributed by atoms with E-state index in [1.807, 2.05) is 0 Å². The third-order valence-corrected chi connectivity index (χ3v) is 3.00. The number of anilines is 1. The fraction of sp³-hybridized carbons (Fsp3) is 0.545. The Morgan fingerprint density at radius 3 is 2.89 bits per heavy atom. The Hall–Kier alpha value is -1.01. The molecule has 0 radical (unpaired) electrons. The fourth-order valence-electron chi connectivity index (χ4n) is 1.78. The quantitative estimate of drug-likeness (QED) is 0.779. The molecule has 1 aliphatic rings. The van der Waals surface area contributed by atoms with Gasteiger partial charge >= 0.3 is 6.18 Å². The number of alkyl halides is 4. The summed E-state index contributed by atoms with van der Waals surface area (Å²) in [7, 11) is 0. The molecule has 0 N–H and O–H groups in total. The zero-order valence-corrected chi connectivity index (χ0v) is 10.2. The number of nitrogens with zero attached hydrogens (tertiary/aromatic N) is 2. The molecule has 3 nitrogen and oxygen atoms in total. The molecule has 0 spiro atoms. The van der Waals surface area contributed by atoms with Crippen molar-refractivity contribution in [3.63, 3.8) is 0 Å². The summed E-state index contributed by atoms with van der Waals surface area (Å²) in [5.41, 5.74) is -0.881. The van der Waals surface area contributed by atoms with E-state index in [1.165, 1.54) is 6.07 Å². The average molecular weight is 281 g/mol. The van der Waals surface area contributed by atoms with Crippen molar-refractivity contribution < 1.29 is 17.9 Å². The minimum Gasteiger partial charge on any atom is -0.373 e. The van der Waals surface area contributed by atoms with Gasteiger partial charge < -0.3 is 9.64 Å². The van der Waals surface area contributed by atoms with Gasteiger partial charge in [0.1, 0.15) is 11.5 Å². The van der Waals surface area contributed by atoms with Crippen LogP contribution in [0, 0.1) is 0 Å². The van der Waals surface area contributed by atoms with Crippen LogP contribution < -0.4 is 4.90 Å². The molecule has 0 aromatic carbocycles. The number of halogens is 4. The van der Waals surface area contributed by atoms with Crippen LogP contribution in [0.5, 0.6) is 0 Å². The van der Waals surface area contributed by atoms with Gasteiger partial charge in [0.15, 0.2) is 0 Å². The zero-order chi connectivity index (χ0) is 13.2. The number of ether oxygens (including phenoxy) is 1. The predicted molar refractivity (Wildman–Crippen MR) is 61.9 cm³/mol. The van der Waals surface area contributed by atoms with Gasteiger partial charge in [0.2, 0.25) is 0 Å². The standard InChI is InChI=1S/C11H12ClF3N2O/c12-6-8-7-17(4-5-18-8)10-3-1-2-9(16-10)11(13,14)15/h1-3,8H,4-7H2. The van der Waals surface area contributed by atoms with E-state index < -0.39 is 11.9 Å². The van der Waals surface area contributed by atoms with Crippen molar-refractivity contribution in [1.82, 2.24) is 4.98 Å². The Bertz CT molecular complexity index is 414. The molecule has 1 saturated heterocycles. The van der Waals surface area contributed by atoms with Crippen LogP contribution in [-0.4, -0.2) is 36.7 Å². The van der Waals surface area contributed by atoms with E-state index in [9.17, 15) is 13.2 Å². The highest BCUT2D eigenvalue weighted by atomic mass is 35.5. The lowest BCUT2D eigenvalue weighted by Gasteiger charge is -2.33. The highest BCUT2D eigenvalue weighted by molar-refractivity contribution is 6.18. The van der Waals surface area contributed by atoms with Gasteiger partial charge in [-0.2, -0.15) is 13.2 Å². The first-order valence-corrected chi connectivity index (χ1v) is 6.01. The first-order valence-electron chi connectivity index (χ1n) is 5.47. The lowest BCUT2D eigenvalue weighted by atomic mass is 10.2. The first-order chi connectivity index (χ1) is 8.50. The molecule has 0 saturated carbocycles. The molecule has 1 aromatic rings. The lowest BCUT2D eigenvalue weighted by molar-refractivity contribution is -0.141. The van der Waals surface area contributed by atoms with Crippen LogP contribution in [0.3, 0.4) is 0 Å². The molecule has 2 rings (SSSR count). The molecular weight excluding hydrogens is 269 g/mol. The van der Waals surface area contributed by atoms with Crippen molar-refractivity contribution in [2.45, 2.75) is 12.3 Å². The summed E-state index contributed by atoms with van der Waals surface area (Å²) >= 11 is 5.68. The van der Waals surface area contributed by atoms with Gasteiger partial charge in [-0.25, -0.2) is 4.98 Å². The summed E-state index contributed by atoms with van der Waals surface area (Å²) < 4.78 is 43.0. The minimum atomic E-state index is -4.42. The molecule has 1 aliphatic heterocycles. The highest BCUT2D eigenvalue weighted by Crippen LogP contribution is 2.29. The molecule has 7 heteroatoms. The second-order valence-corrected chi connectivity index (χ2v) is 4.28. The summed E-state index contributed by atoms with van der Waals surface area (Å²) in [6, 6.07) is 3.88. The number of rotatable bonds is 2. The number of morpholine rings is 1. The highest BCUT2D eigenvalue weighted by Gasteiger charge is 2.33. The Balaban J connectivity index is 2.18. The third-order valence-electron chi connectivity index (χ3n) is 2.66. The van der Waals surface area contributed by atoms with Crippen molar-refractivity contribution in [1.29, 1.82) is 0 Å². The summed E-state index contributed by atoms with van der Waals surface area (Å²) in [6.07, 6.45) is -4.59. The van der Waals surface area contributed by atoms with Crippen molar-refractivity contribution >= 4 is 17.4 Å². The molecule has 18 heavy (non-hydrogen) atoms. The SMILES string of the molecule is FC(F)(F)c1cccc(N2CCOC(CCl)C2)n1. The number of pyridine rings is 1. The van der Waals surface area contributed by atoms with Gasteiger partial charge in [-0.3, -0.25) is 0 Å². The first kappa shape index (κ1) is 13.4. The van der Waals surface area contributed by atoms with E-state index in [4.69, 9.17) is 16.3 Å². The molecule has 1 atom stereocenters. The number of aromatic nitrogens is 1. The maximum absolute atomic E-state index is 12.6. The van der Waals surface area contributed by atoms with Gasteiger partial charge in [0.25, 0.3) is 0 Å². The summed E-state index contributed by atoms with van der Waals surface area (Å²) in [6.45, 7) is 1.41. The normalized spacial score (nSPS) is 21.1. The van der Waals surface area contributed by atoms with Crippen LogP contribution in [0.15, 0.2) is 18.2 Å². The molecule has 2 heterocycles. The van der Waals surface area contributed by atoms with Crippen LogP contribution in [0.4, 0.5) is 19.0 Å². The molecule has 1 unspecified atom stereocenters. The minimum absolute atomic E-state index is 0.170. The van der Waals surface area contributed by atoms with E-state index in [2.05, 4.69) is 4.98 Å². The Kier molecular flexibility index (Phi) is 3.97. The summed E-state index contributed by atoms with van der Waals surface area (Å²) in [5, 5.41) is 0. The van der Waals surface area contributed by atoms with Gasteiger partial charge in [-0.1, -0.05) is 6.07 Å². The van der Waals surface area contributed by atoms with Crippen LogP contribution in [0.2, 0.25) is 0 Å². The van der Waals surface area contributed by atoms with Crippen molar-refractivity contribution in [3.05, 3.63) is 23.9 Å². The van der Waals surface area contributed by atoms with E-state index in [1.54, 1.807) is 11.0 Å². The molecule has 100 valence electrons. The van der Waals surface area contributed by atoms with E-state index in [0.29, 0.717) is 31.4 Å². The number of hydrogen-bond donors (Lipinski definition) is 0. The van der Waals surface area contributed by atoms with Crippen LogP contribution in [0.1, 0.15) is 5.69 Å². The number of hydrogen-bond acceptors (Lipinski definition) is 3. The Labute approximate surface area is 108 Å². The monoisotopic (exact) mass is 280 g/mol. The van der Waals surface area contributed by atoms with Crippen LogP contribution in [0.25, 0.3) is 0 Å². The average Bonchev–Trinajstić information content (AvgIpc) is 2.38. The van der Waals surface area contributed by atoms with Crippen LogP contribution >= 0.6 is 11.6 Å². The van der Waals surface area contributed by atoms with Gasteiger partial charge in [-0.15, -0.1) is 11.6 Å². The molecule has 1 fully saturated rings. The summed E-state index contributed by atoms with van der Waals surface area (Å²) in [5.74, 6) is 0.623. The second-order valence-electron chi connectivity index (χ2n) is 3.97. The molecule has 0 aliphatic carbocycles. The molecular formula is C11H12ClF3N2O. The fourth-order valence-corrected chi connectivity index (χ4v) is 1.96. The zero-order valence-electron chi connectivity index (χ0n) is 9.45.